The van der Waals surface area contributed by atoms with E-state index in [1.54, 1.807) is 42.6 Å². The summed E-state index contributed by atoms with van der Waals surface area (Å²) in [6.45, 7) is 1.62. The Morgan fingerprint density at radius 1 is 1.11 bits per heavy atom. The van der Waals surface area contributed by atoms with Crippen LogP contribution in [0.5, 0.6) is 0 Å². The van der Waals surface area contributed by atoms with Gasteiger partial charge in [-0.25, -0.2) is 12.8 Å². The highest BCUT2D eigenvalue weighted by atomic mass is 32.2. The molecule has 4 rings (SSSR count). The smallest absolute Gasteiger partial charge is 0.221 e. The van der Waals surface area contributed by atoms with E-state index in [9.17, 15) is 12.8 Å². The first kappa shape index (κ1) is 18.4. The number of hydrogen-bond acceptors (Lipinski definition) is 6. The molecular weight excluding hydrogens is 373 g/mol. The van der Waals surface area contributed by atoms with Gasteiger partial charge in [0.25, 0.3) is 0 Å². The Kier molecular flexibility index (Phi) is 4.94. The van der Waals surface area contributed by atoms with Gasteiger partial charge in [0.05, 0.1) is 30.9 Å². The number of nitrogens with zero attached hydrogens (tertiary/aromatic N) is 3. The van der Waals surface area contributed by atoms with E-state index < -0.39 is 21.3 Å². The molecule has 0 aliphatic carbocycles. The maximum atomic E-state index is 14.0. The van der Waals surface area contributed by atoms with Crippen LogP contribution >= 0.6 is 0 Å². The molecule has 2 aliphatic rings. The first-order valence-corrected chi connectivity index (χ1v) is 10.3. The summed E-state index contributed by atoms with van der Waals surface area (Å²) in [6.07, 6.45) is 3.08. The zero-order chi connectivity index (χ0) is 19.0. The Bertz CT molecular complexity index is 882. The van der Waals surface area contributed by atoms with Gasteiger partial charge in [0.2, 0.25) is 10.0 Å². The fourth-order valence-corrected chi connectivity index (χ4v) is 5.74. The lowest BCUT2D eigenvalue weighted by Gasteiger charge is -2.37. The first-order chi connectivity index (χ1) is 13.0. The number of hydroxylamine groups is 2. The van der Waals surface area contributed by atoms with Crippen LogP contribution in [0.3, 0.4) is 0 Å². The lowest BCUT2D eigenvalue weighted by molar-refractivity contribution is -0.110. The molecule has 1 aromatic carbocycles. The molecule has 2 aromatic rings. The molecule has 2 unspecified atom stereocenters. The van der Waals surface area contributed by atoms with Crippen molar-refractivity contribution < 1.29 is 22.1 Å². The number of para-hydroxylation sites is 1. The molecule has 3 heterocycles. The van der Waals surface area contributed by atoms with E-state index in [1.807, 2.05) is 4.90 Å². The molecule has 0 N–H and O–H groups in total. The summed E-state index contributed by atoms with van der Waals surface area (Å²) in [7, 11) is -1.86. The highest BCUT2D eigenvalue weighted by Gasteiger charge is 2.46. The number of piperazine rings is 1. The van der Waals surface area contributed by atoms with Crippen molar-refractivity contribution in [2.45, 2.75) is 11.3 Å². The number of benzene rings is 1. The lowest BCUT2D eigenvalue weighted by atomic mass is 10.1. The van der Waals surface area contributed by atoms with Crippen molar-refractivity contribution in [2.75, 3.05) is 44.7 Å². The largest absolute Gasteiger partial charge is 0.472 e. The number of halogens is 1. The lowest BCUT2D eigenvalue weighted by Crippen LogP contribution is -2.52. The van der Waals surface area contributed by atoms with Crippen molar-refractivity contribution in [3.63, 3.8) is 0 Å². The third-order valence-electron chi connectivity index (χ3n) is 5.25. The fourth-order valence-electron chi connectivity index (χ4n) is 3.80. The molecule has 1 aromatic heterocycles. The molecule has 0 amide bonds. The SMILES string of the molecule is CN1OCC(S(=O)(=O)N2CCN(c3ccccc3F)CC2)C1c1ccoc1. The standard InChI is InChI=1S/C18H22FN3O4S/c1-20-18(14-6-11-25-12-14)17(13-26-20)27(23,24)22-9-7-21(8-10-22)16-5-3-2-4-15(16)19/h2-6,11-12,17-18H,7-10,13H2,1H3. The zero-order valence-corrected chi connectivity index (χ0v) is 15.8. The van der Waals surface area contributed by atoms with Crippen molar-refractivity contribution in [2.24, 2.45) is 0 Å². The highest BCUT2D eigenvalue weighted by molar-refractivity contribution is 7.89. The molecule has 27 heavy (non-hydrogen) atoms. The summed E-state index contributed by atoms with van der Waals surface area (Å²) in [5.41, 5.74) is 1.28. The van der Waals surface area contributed by atoms with Crippen LogP contribution in [0.4, 0.5) is 10.1 Å². The number of furan rings is 1. The summed E-state index contributed by atoms with van der Waals surface area (Å²) >= 11 is 0. The average molecular weight is 395 g/mol. The second kappa shape index (κ2) is 7.23. The Morgan fingerprint density at radius 2 is 1.85 bits per heavy atom. The van der Waals surface area contributed by atoms with Gasteiger partial charge in [-0.3, -0.25) is 4.84 Å². The van der Waals surface area contributed by atoms with Crippen LogP contribution in [-0.4, -0.2) is 62.9 Å². The van der Waals surface area contributed by atoms with Crippen LogP contribution < -0.4 is 4.90 Å². The summed E-state index contributed by atoms with van der Waals surface area (Å²) in [4.78, 5) is 7.39. The van der Waals surface area contributed by atoms with Gasteiger partial charge in [-0.15, -0.1) is 0 Å². The maximum Gasteiger partial charge on any atom is 0.221 e. The number of hydrogen-bond donors (Lipinski definition) is 0. The van der Waals surface area contributed by atoms with Crippen LogP contribution in [-0.2, 0) is 14.9 Å². The predicted octanol–water partition coefficient (Wildman–Crippen LogP) is 1.86. The van der Waals surface area contributed by atoms with Crippen LogP contribution in [0.2, 0.25) is 0 Å². The normalized spacial score (nSPS) is 25.2. The second-order valence-electron chi connectivity index (χ2n) is 6.76. The van der Waals surface area contributed by atoms with Gasteiger partial charge in [-0.05, 0) is 18.2 Å². The first-order valence-electron chi connectivity index (χ1n) is 8.85. The van der Waals surface area contributed by atoms with Crippen molar-refractivity contribution >= 4 is 15.7 Å². The quantitative estimate of drug-likeness (QED) is 0.787. The summed E-state index contributed by atoms with van der Waals surface area (Å²) in [5, 5.41) is 0.864. The Morgan fingerprint density at radius 3 is 2.52 bits per heavy atom. The average Bonchev–Trinajstić information content (AvgIpc) is 3.31. The van der Waals surface area contributed by atoms with Crippen LogP contribution in [0.25, 0.3) is 0 Å². The van der Waals surface area contributed by atoms with Gasteiger partial charge in [0, 0.05) is 38.8 Å². The molecule has 2 atom stereocenters. The zero-order valence-electron chi connectivity index (χ0n) is 15.0. The van der Waals surface area contributed by atoms with Gasteiger partial charge < -0.3 is 9.32 Å². The van der Waals surface area contributed by atoms with E-state index in [0.717, 1.165) is 5.56 Å². The molecule has 7 nitrogen and oxygen atoms in total. The van der Waals surface area contributed by atoms with E-state index in [-0.39, 0.29) is 12.4 Å². The Labute approximate surface area is 157 Å². The van der Waals surface area contributed by atoms with E-state index >= 15 is 0 Å². The van der Waals surface area contributed by atoms with Crippen molar-refractivity contribution in [1.29, 1.82) is 0 Å². The van der Waals surface area contributed by atoms with Gasteiger partial charge >= 0.3 is 0 Å². The summed E-state index contributed by atoms with van der Waals surface area (Å²) in [5.74, 6) is -0.292. The van der Waals surface area contributed by atoms with Gasteiger partial charge in [0.1, 0.15) is 11.1 Å². The fraction of sp³-hybridized carbons (Fsp3) is 0.444. The summed E-state index contributed by atoms with van der Waals surface area (Å²) < 4.78 is 47.1. The number of anilines is 1. The highest BCUT2D eigenvalue weighted by Crippen LogP contribution is 2.35. The molecule has 0 spiro atoms. The van der Waals surface area contributed by atoms with E-state index in [2.05, 4.69) is 0 Å². The van der Waals surface area contributed by atoms with Gasteiger partial charge in [-0.1, -0.05) is 12.1 Å². The molecule has 2 saturated heterocycles. The minimum absolute atomic E-state index is 0.0994. The number of sulfonamides is 1. The minimum atomic E-state index is -3.58. The molecular formula is C18H22FN3O4S. The van der Waals surface area contributed by atoms with Crippen LogP contribution in [0.1, 0.15) is 11.6 Å². The molecule has 9 heteroatoms. The van der Waals surface area contributed by atoms with Crippen molar-refractivity contribution in [3.8, 4) is 0 Å². The predicted molar refractivity (Wildman–Crippen MR) is 98.1 cm³/mol. The van der Waals surface area contributed by atoms with E-state index in [0.29, 0.717) is 31.9 Å². The van der Waals surface area contributed by atoms with Crippen molar-refractivity contribution in [1.82, 2.24) is 9.37 Å². The maximum absolute atomic E-state index is 14.0. The molecule has 146 valence electrons. The van der Waals surface area contributed by atoms with Crippen LogP contribution in [0.15, 0.2) is 47.3 Å². The third-order valence-corrected chi connectivity index (χ3v) is 7.49. The molecule has 2 fully saturated rings. The van der Waals surface area contributed by atoms with E-state index in [4.69, 9.17) is 9.25 Å². The molecule has 0 bridgehead atoms. The number of rotatable bonds is 4. The monoisotopic (exact) mass is 395 g/mol. The minimum Gasteiger partial charge on any atom is -0.472 e. The molecule has 0 radical (unpaired) electrons. The van der Waals surface area contributed by atoms with Gasteiger partial charge in [0.15, 0.2) is 0 Å². The van der Waals surface area contributed by atoms with Crippen molar-refractivity contribution in [3.05, 3.63) is 54.2 Å². The summed E-state index contributed by atoms with van der Waals surface area (Å²) in [6, 6.07) is 7.90. The van der Waals surface area contributed by atoms with E-state index in [1.165, 1.54) is 16.6 Å². The third kappa shape index (κ3) is 3.36. The topological polar surface area (TPSA) is 66.2 Å². The van der Waals surface area contributed by atoms with Gasteiger partial charge in [-0.2, -0.15) is 9.37 Å². The Hall–Kier alpha value is -1.94. The Balaban J connectivity index is 1.50. The molecule has 2 aliphatic heterocycles. The second-order valence-corrected chi connectivity index (χ2v) is 8.92. The van der Waals surface area contributed by atoms with Crippen LogP contribution in [0, 0.1) is 5.82 Å². The molecule has 0 saturated carbocycles.